The van der Waals surface area contributed by atoms with Crippen molar-refractivity contribution in [3.05, 3.63) is 64.4 Å². The SMILES string of the molecule is CC(C)(C)OC(C)(C)C.O=C(O)Nc1cc(Cl)c(C(F)(F)F)cc1NC(=O)CC(=O)c1cccc(-n2nncc2COC2CCCCO2)c1. The number of rotatable bonds is 9. The molecule has 2 amide bonds. The van der Waals surface area contributed by atoms with E-state index in [0.717, 1.165) is 25.3 Å². The zero-order valence-electron chi connectivity index (χ0n) is 28.1. The highest BCUT2D eigenvalue weighted by Crippen LogP contribution is 2.39. The Kier molecular flexibility index (Phi) is 13.3. The number of amides is 2. The molecule has 49 heavy (non-hydrogen) atoms. The second kappa shape index (κ2) is 16.6. The number of halogens is 4. The molecule has 1 unspecified atom stereocenters. The second-order valence-corrected chi connectivity index (χ2v) is 13.5. The van der Waals surface area contributed by atoms with Gasteiger partial charge in [0.05, 0.1) is 63.8 Å². The number of carbonyl (C=O) groups is 3. The van der Waals surface area contributed by atoms with Gasteiger partial charge in [-0.2, -0.15) is 13.2 Å². The molecule has 0 saturated carbocycles. The van der Waals surface area contributed by atoms with Crippen LogP contribution in [-0.4, -0.2) is 62.0 Å². The number of aromatic nitrogens is 3. The number of benzene rings is 2. The summed E-state index contributed by atoms with van der Waals surface area (Å²) in [6.07, 6.45) is -3.28. The van der Waals surface area contributed by atoms with E-state index in [-0.39, 0.29) is 29.7 Å². The van der Waals surface area contributed by atoms with Gasteiger partial charge in [-0.3, -0.25) is 14.9 Å². The van der Waals surface area contributed by atoms with Crippen LogP contribution >= 0.6 is 11.6 Å². The minimum Gasteiger partial charge on any atom is -0.465 e. The van der Waals surface area contributed by atoms with Crippen molar-refractivity contribution in [2.45, 2.75) is 97.5 Å². The Balaban J connectivity index is 0.000000635. The number of ether oxygens (including phenoxy) is 3. The molecule has 0 bridgehead atoms. The van der Waals surface area contributed by atoms with Gasteiger partial charge in [-0.15, -0.1) is 5.10 Å². The van der Waals surface area contributed by atoms with Gasteiger partial charge in [-0.25, -0.2) is 9.48 Å². The number of carboxylic acid groups (broad SMARTS) is 1. The van der Waals surface area contributed by atoms with E-state index >= 15 is 0 Å². The summed E-state index contributed by atoms with van der Waals surface area (Å²) in [5.74, 6) is -1.62. The first-order valence-corrected chi connectivity index (χ1v) is 15.8. The Labute approximate surface area is 287 Å². The lowest BCUT2D eigenvalue weighted by Crippen LogP contribution is -2.31. The molecular formula is C33H41ClF3N5O7. The van der Waals surface area contributed by atoms with Crippen molar-refractivity contribution in [3.8, 4) is 5.69 Å². The molecule has 0 aliphatic carbocycles. The number of nitrogens with one attached hydrogen (secondary N) is 2. The van der Waals surface area contributed by atoms with Crippen molar-refractivity contribution in [3.63, 3.8) is 0 Å². The van der Waals surface area contributed by atoms with Crippen molar-refractivity contribution in [2.75, 3.05) is 17.2 Å². The number of carbonyl (C=O) groups excluding carboxylic acids is 2. The highest BCUT2D eigenvalue weighted by atomic mass is 35.5. The maximum Gasteiger partial charge on any atom is 0.417 e. The topological polar surface area (TPSA) is 154 Å². The molecule has 2 aromatic carbocycles. The lowest BCUT2D eigenvalue weighted by atomic mass is 10.1. The van der Waals surface area contributed by atoms with Crippen LogP contribution in [0.5, 0.6) is 0 Å². The average Bonchev–Trinajstić information content (AvgIpc) is 3.44. The molecular weight excluding hydrogens is 671 g/mol. The highest BCUT2D eigenvalue weighted by molar-refractivity contribution is 6.32. The summed E-state index contributed by atoms with van der Waals surface area (Å²) < 4.78 is 58.3. The normalized spacial score (nSPS) is 15.2. The van der Waals surface area contributed by atoms with Gasteiger partial charge in [-0.05, 0) is 85.1 Å². The van der Waals surface area contributed by atoms with Crippen LogP contribution in [0.25, 0.3) is 5.69 Å². The van der Waals surface area contributed by atoms with Crippen molar-refractivity contribution >= 4 is 40.8 Å². The number of anilines is 2. The molecule has 16 heteroatoms. The average molecular weight is 712 g/mol. The third kappa shape index (κ3) is 13.1. The van der Waals surface area contributed by atoms with Crippen molar-refractivity contribution in [2.24, 2.45) is 0 Å². The molecule has 1 aromatic heterocycles. The van der Waals surface area contributed by atoms with E-state index in [1.807, 2.05) is 5.32 Å². The summed E-state index contributed by atoms with van der Waals surface area (Å²) in [6.45, 7) is 13.2. The van der Waals surface area contributed by atoms with Crippen molar-refractivity contribution in [1.82, 2.24) is 15.0 Å². The fraction of sp³-hybridized carbons (Fsp3) is 0.485. The van der Waals surface area contributed by atoms with E-state index in [1.54, 1.807) is 12.1 Å². The van der Waals surface area contributed by atoms with Gasteiger partial charge in [0.2, 0.25) is 5.91 Å². The summed E-state index contributed by atoms with van der Waals surface area (Å²) in [4.78, 5) is 36.5. The fourth-order valence-electron chi connectivity index (χ4n) is 4.88. The van der Waals surface area contributed by atoms with Crippen LogP contribution in [0.1, 0.15) is 88.8 Å². The van der Waals surface area contributed by atoms with Gasteiger partial charge in [0.1, 0.15) is 0 Å². The van der Waals surface area contributed by atoms with E-state index in [9.17, 15) is 27.6 Å². The molecule has 1 atom stereocenters. The largest absolute Gasteiger partial charge is 0.465 e. The van der Waals surface area contributed by atoms with E-state index in [1.165, 1.54) is 23.0 Å². The molecule has 1 saturated heterocycles. The fourth-order valence-corrected chi connectivity index (χ4v) is 5.15. The molecule has 12 nitrogen and oxygen atoms in total. The zero-order chi connectivity index (χ0) is 36.6. The molecule has 4 rings (SSSR count). The van der Waals surface area contributed by atoms with Gasteiger partial charge in [0, 0.05) is 12.2 Å². The van der Waals surface area contributed by atoms with Crippen molar-refractivity contribution < 1.29 is 46.9 Å². The first-order valence-electron chi connectivity index (χ1n) is 15.4. The van der Waals surface area contributed by atoms with Gasteiger partial charge >= 0.3 is 12.3 Å². The third-order valence-electron chi connectivity index (χ3n) is 6.45. The number of Topliss-reactive ketones (excluding diaryl/α,β-unsaturated/α-hetero) is 1. The predicted molar refractivity (Wildman–Crippen MR) is 176 cm³/mol. The van der Waals surface area contributed by atoms with Crippen LogP contribution < -0.4 is 10.6 Å². The maximum atomic E-state index is 13.3. The van der Waals surface area contributed by atoms with Crippen LogP contribution in [0.3, 0.4) is 0 Å². The molecule has 268 valence electrons. The molecule has 1 fully saturated rings. The van der Waals surface area contributed by atoms with Gasteiger partial charge in [0.25, 0.3) is 0 Å². The van der Waals surface area contributed by atoms with E-state index in [2.05, 4.69) is 57.2 Å². The Morgan fingerprint density at radius 3 is 2.27 bits per heavy atom. The Morgan fingerprint density at radius 2 is 1.69 bits per heavy atom. The molecule has 1 aliphatic heterocycles. The number of hydrogen-bond acceptors (Lipinski definition) is 8. The van der Waals surface area contributed by atoms with Crippen LogP contribution in [-0.2, 0) is 31.8 Å². The minimum absolute atomic E-state index is 0.0156. The maximum absolute atomic E-state index is 13.3. The number of alkyl halides is 3. The van der Waals surface area contributed by atoms with Crippen molar-refractivity contribution in [1.29, 1.82) is 0 Å². The minimum atomic E-state index is -4.87. The van der Waals surface area contributed by atoms with Crippen LogP contribution in [0.4, 0.5) is 29.3 Å². The summed E-state index contributed by atoms with van der Waals surface area (Å²) in [5.41, 5.74) is -1.04. The smallest absolute Gasteiger partial charge is 0.417 e. The van der Waals surface area contributed by atoms with Crippen LogP contribution in [0, 0.1) is 0 Å². The standard InChI is InChI=1S/C25H23ClF3N5O6.C8H18O/c26-18-10-20(32-24(37)38)19(9-17(18)25(27,28)29)31-22(36)11-21(35)14-4-3-5-15(8-14)34-16(12-30-33-34)13-40-23-6-1-2-7-39-23;1-7(2,3)9-8(4,5)6/h3-5,8-10,12,23,32H,1-2,6-7,11,13H2,(H,31,36)(H,37,38);1-6H3. The molecule has 2 heterocycles. The second-order valence-electron chi connectivity index (χ2n) is 13.1. The number of ketones is 1. The first kappa shape index (κ1) is 39.4. The Bertz CT molecular complexity index is 1600. The van der Waals surface area contributed by atoms with Gasteiger partial charge in [-0.1, -0.05) is 28.9 Å². The zero-order valence-corrected chi connectivity index (χ0v) is 28.9. The summed E-state index contributed by atoms with van der Waals surface area (Å²) in [7, 11) is 0. The monoisotopic (exact) mass is 711 g/mol. The quantitative estimate of drug-likeness (QED) is 0.149. The summed E-state index contributed by atoms with van der Waals surface area (Å²) in [5, 5.41) is 20.2. The number of nitrogens with zero attached hydrogens (tertiary/aromatic N) is 3. The van der Waals surface area contributed by atoms with E-state index in [0.29, 0.717) is 24.1 Å². The Hall–Kier alpha value is -4.05. The molecule has 0 spiro atoms. The Morgan fingerprint density at radius 1 is 1.02 bits per heavy atom. The lowest BCUT2D eigenvalue weighted by Gasteiger charge is -2.30. The molecule has 3 aromatic rings. The van der Waals surface area contributed by atoms with Crippen LogP contribution in [0.15, 0.2) is 42.6 Å². The lowest BCUT2D eigenvalue weighted by molar-refractivity contribution is -0.169. The highest BCUT2D eigenvalue weighted by Gasteiger charge is 2.34. The van der Waals surface area contributed by atoms with Gasteiger partial charge < -0.3 is 24.6 Å². The third-order valence-corrected chi connectivity index (χ3v) is 6.76. The molecule has 3 N–H and O–H groups in total. The van der Waals surface area contributed by atoms with Gasteiger partial charge in [0.15, 0.2) is 12.1 Å². The molecule has 0 radical (unpaired) electrons. The van der Waals surface area contributed by atoms with E-state index in [4.69, 9.17) is 30.9 Å². The predicted octanol–water partition coefficient (Wildman–Crippen LogP) is 7.88. The first-order chi connectivity index (χ1) is 22.7. The van der Waals surface area contributed by atoms with Crippen LogP contribution in [0.2, 0.25) is 5.02 Å². The summed E-state index contributed by atoms with van der Waals surface area (Å²) in [6, 6.07) is 7.39. The summed E-state index contributed by atoms with van der Waals surface area (Å²) >= 11 is 5.65. The number of hydrogen-bond donors (Lipinski definition) is 3. The van der Waals surface area contributed by atoms with E-state index < -0.39 is 52.3 Å². The molecule has 1 aliphatic rings.